The number of hydrogen-bond donors (Lipinski definition) is 2. The van der Waals surface area contributed by atoms with Crippen molar-refractivity contribution in [2.24, 2.45) is 0 Å². The van der Waals surface area contributed by atoms with E-state index in [0.29, 0.717) is 11.1 Å². The molecule has 0 saturated carbocycles. The fourth-order valence-electron chi connectivity index (χ4n) is 2.78. The predicted octanol–water partition coefficient (Wildman–Crippen LogP) is 3.20. The summed E-state index contributed by atoms with van der Waals surface area (Å²) in [4.78, 5) is 12.3. The van der Waals surface area contributed by atoms with Crippen LogP contribution in [0.15, 0.2) is 35.2 Å². The van der Waals surface area contributed by atoms with E-state index in [4.69, 9.17) is 0 Å². The third-order valence-corrected chi connectivity index (χ3v) is 5.65. The van der Waals surface area contributed by atoms with E-state index >= 15 is 0 Å². The van der Waals surface area contributed by atoms with Crippen LogP contribution in [0.1, 0.15) is 23.6 Å². The van der Waals surface area contributed by atoms with Crippen LogP contribution in [0, 0.1) is 32.4 Å². The molecule has 8 heteroatoms. The summed E-state index contributed by atoms with van der Waals surface area (Å²) >= 11 is 0. The highest BCUT2D eigenvalue weighted by atomic mass is 32.2. The van der Waals surface area contributed by atoms with E-state index < -0.39 is 39.3 Å². The maximum Gasteiger partial charge on any atom is 0.242 e. The molecule has 1 unspecified atom stereocenters. The van der Waals surface area contributed by atoms with Gasteiger partial charge in [-0.05, 0) is 51.0 Å². The highest BCUT2D eigenvalue weighted by Crippen LogP contribution is 2.22. The van der Waals surface area contributed by atoms with Gasteiger partial charge in [-0.15, -0.1) is 0 Å². The van der Waals surface area contributed by atoms with Gasteiger partial charge in [0, 0.05) is 0 Å². The molecule has 2 rings (SSSR count). The molecule has 0 heterocycles. The number of carbonyl (C=O) groups excluding carboxylic acids is 1. The van der Waals surface area contributed by atoms with Crippen molar-refractivity contribution in [1.82, 2.24) is 4.72 Å². The minimum Gasteiger partial charge on any atom is -0.320 e. The number of aryl methyl sites for hydroxylation is 3. The summed E-state index contributed by atoms with van der Waals surface area (Å²) in [5.41, 5.74) is 1.39. The van der Waals surface area contributed by atoms with E-state index in [0.717, 1.165) is 23.8 Å². The molecule has 2 aromatic rings. The predicted molar refractivity (Wildman–Crippen MR) is 95.4 cm³/mol. The quantitative estimate of drug-likeness (QED) is 0.834. The summed E-state index contributed by atoms with van der Waals surface area (Å²) < 4.78 is 54.8. The zero-order chi connectivity index (χ0) is 19.6. The Labute approximate surface area is 151 Å². The maximum atomic E-state index is 13.6. The summed E-state index contributed by atoms with van der Waals surface area (Å²) in [5, 5.41) is 2.07. The largest absolute Gasteiger partial charge is 0.320 e. The highest BCUT2D eigenvalue weighted by Gasteiger charge is 2.26. The lowest BCUT2D eigenvalue weighted by Gasteiger charge is -2.17. The fourth-order valence-corrected chi connectivity index (χ4v) is 4.44. The molecular formula is C18H20F2N2O3S. The van der Waals surface area contributed by atoms with Gasteiger partial charge in [0.15, 0.2) is 0 Å². The number of carbonyl (C=O) groups is 1. The van der Waals surface area contributed by atoms with Gasteiger partial charge in [-0.25, -0.2) is 17.2 Å². The maximum absolute atomic E-state index is 13.6. The number of hydrogen-bond acceptors (Lipinski definition) is 3. The van der Waals surface area contributed by atoms with Gasteiger partial charge in [-0.1, -0.05) is 23.8 Å². The van der Waals surface area contributed by atoms with Gasteiger partial charge >= 0.3 is 0 Å². The average Bonchev–Trinajstić information content (AvgIpc) is 2.48. The Kier molecular flexibility index (Phi) is 5.77. The van der Waals surface area contributed by atoms with Crippen LogP contribution < -0.4 is 10.0 Å². The van der Waals surface area contributed by atoms with Crippen molar-refractivity contribution in [1.29, 1.82) is 0 Å². The van der Waals surface area contributed by atoms with Crippen molar-refractivity contribution in [2.45, 2.75) is 38.6 Å². The Morgan fingerprint density at radius 2 is 1.54 bits per heavy atom. The van der Waals surface area contributed by atoms with Crippen molar-refractivity contribution in [3.05, 3.63) is 58.7 Å². The standard InChI is InChI=1S/C18H20F2N2O3S/c1-10-8-11(2)17(12(3)9-10)26(24,25)22-13(4)18(23)21-16-14(19)6-5-7-15(16)20/h5-9,13,22H,1-4H3,(H,21,23). The molecule has 140 valence electrons. The molecule has 2 N–H and O–H groups in total. The monoisotopic (exact) mass is 382 g/mol. The average molecular weight is 382 g/mol. The molecular weight excluding hydrogens is 362 g/mol. The fraction of sp³-hybridized carbons (Fsp3) is 0.278. The second kappa shape index (κ2) is 7.51. The highest BCUT2D eigenvalue weighted by molar-refractivity contribution is 7.89. The Bertz CT molecular complexity index is 916. The van der Waals surface area contributed by atoms with E-state index in [1.165, 1.54) is 6.92 Å². The summed E-state index contributed by atoms with van der Waals surface area (Å²) in [6.45, 7) is 6.47. The number of benzene rings is 2. The third-order valence-electron chi connectivity index (χ3n) is 3.81. The van der Waals surface area contributed by atoms with Gasteiger partial charge in [0.05, 0.1) is 10.9 Å². The molecule has 0 fully saturated rings. The van der Waals surface area contributed by atoms with Gasteiger partial charge in [0.2, 0.25) is 15.9 Å². The van der Waals surface area contributed by atoms with Gasteiger partial charge in [-0.3, -0.25) is 4.79 Å². The molecule has 0 aliphatic rings. The molecule has 0 aliphatic carbocycles. The van der Waals surface area contributed by atoms with Crippen LogP contribution in [-0.4, -0.2) is 20.4 Å². The van der Waals surface area contributed by atoms with Crippen LogP contribution >= 0.6 is 0 Å². The normalized spacial score (nSPS) is 12.7. The second-order valence-electron chi connectivity index (χ2n) is 6.16. The van der Waals surface area contributed by atoms with Crippen molar-refractivity contribution >= 4 is 21.6 Å². The van der Waals surface area contributed by atoms with Crippen LogP contribution in [-0.2, 0) is 14.8 Å². The molecule has 0 saturated heterocycles. The Balaban J connectivity index is 2.23. The summed E-state index contributed by atoms with van der Waals surface area (Å²) in [6, 6.07) is 5.36. The third kappa shape index (κ3) is 4.25. The van der Waals surface area contributed by atoms with Crippen LogP contribution in [0.25, 0.3) is 0 Å². The van der Waals surface area contributed by atoms with E-state index in [1.54, 1.807) is 26.0 Å². The molecule has 0 spiro atoms. The number of amides is 1. The van der Waals surface area contributed by atoms with Gasteiger partial charge < -0.3 is 5.32 Å². The first-order valence-corrected chi connectivity index (χ1v) is 9.36. The first-order chi connectivity index (χ1) is 12.0. The van der Waals surface area contributed by atoms with Crippen LogP contribution in [0.3, 0.4) is 0 Å². The number of halogens is 2. The van der Waals surface area contributed by atoms with Crippen LogP contribution in [0.5, 0.6) is 0 Å². The number of nitrogens with one attached hydrogen (secondary N) is 2. The minimum absolute atomic E-state index is 0.0832. The Morgan fingerprint density at radius 1 is 1.04 bits per heavy atom. The van der Waals surface area contributed by atoms with Gasteiger partial charge in [0.25, 0.3) is 0 Å². The number of para-hydroxylation sites is 1. The molecule has 0 bridgehead atoms. The molecule has 0 aliphatic heterocycles. The zero-order valence-corrected chi connectivity index (χ0v) is 15.7. The van der Waals surface area contributed by atoms with Gasteiger partial charge in [0.1, 0.15) is 17.3 Å². The molecule has 0 radical (unpaired) electrons. The molecule has 0 aromatic heterocycles. The van der Waals surface area contributed by atoms with Crippen molar-refractivity contribution < 1.29 is 22.0 Å². The first kappa shape index (κ1) is 20.0. The Morgan fingerprint density at radius 3 is 2.04 bits per heavy atom. The smallest absolute Gasteiger partial charge is 0.242 e. The lowest BCUT2D eigenvalue weighted by atomic mass is 10.1. The van der Waals surface area contributed by atoms with Crippen molar-refractivity contribution in [3.63, 3.8) is 0 Å². The SMILES string of the molecule is Cc1cc(C)c(S(=O)(=O)NC(C)C(=O)Nc2c(F)cccc2F)c(C)c1. The molecule has 1 amide bonds. The molecule has 26 heavy (non-hydrogen) atoms. The second-order valence-corrected chi connectivity index (χ2v) is 7.81. The molecule has 1 atom stereocenters. The van der Waals surface area contributed by atoms with E-state index in [-0.39, 0.29) is 4.90 Å². The lowest BCUT2D eigenvalue weighted by Crippen LogP contribution is -2.42. The lowest BCUT2D eigenvalue weighted by molar-refractivity contribution is -0.117. The number of rotatable bonds is 5. The van der Waals surface area contributed by atoms with Crippen LogP contribution in [0.2, 0.25) is 0 Å². The number of sulfonamides is 1. The van der Waals surface area contributed by atoms with E-state index in [1.807, 2.05) is 6.92 Å². The molecule has 2 aromatic carbocycles. The summed E-state index contributed by atoms with van der Waals surface area (Å²) in [5.74, 6) is -2.77. The number of anilines is 1. The topological polar surface area (TPSA) is 75.3 Å². The molecule has 5 nitrogen and oxygen atoms in total. The zero-order valence-electron chi connectivity index (χ0n) is 14.9. The van der Waals surface area contributed by atoms with Gasteiger partial charge in [-0.2, -0.15) is 4.72 Å². The van der Waals surface area contributed by atoms with E-state index in [9.17, 15) is 22.0 Å². The van der Waals surface area contributed by atoms with Crippen LogP contribution in [0.4, 0.5) is 14.5 Å². The van der Waals surface area contributed by atoms with Crippen molar-refractivity contribution in [3.8, 4) is 0 Å². The van der Waals surface area contributed by atoms with E-state index in [2.05, 4.69) is 10.0 Å². The summed E-state index contributed by atoms with van der Waals surface area (Å²) in [6.07, 6.45) is 0. The van der Waals surface area contributed by atoms with Crippen molar-refractivity contribution in [2.75, 3.05) is 5.32 Å². The first-order valence-electron chi connectivity index (χ1n) is 7.88. The summed E-state index contributed by atoms with van der Waals surface area (Å²) in [7, 11) is -3.99. The Hall–Kier alpha value is -2.32. The minimum atomic E-state index is -3.99.